The third kappa shape index (κ3) is 4.80. The fourth-order valence-corrected chi connectivity index (χ4v) is 4.84. The summed E-state index contributed by atoms with van der Waals surface area (Å²) in [4.78, 5) is 4.59. The van der Waals surface area contributed by atoms with E-state index in [2.05, 4.69) is 10.3 Å². The van der Waals surface area contributed by atoms with Crippen molar-refractivity contribution in [1.82, 2.24) is 9.29 Å². The third-order valence-electron chi connectivity index (χ3n) is 4.64. The van der Waals surface area contributed by atoms with E-state index in [-0.39, 0.29) is 0 Å². The molecule has 1 heterocycles. The van der Waals surface area contributed by atoms with Crippen LogP contribution in [-0.2, 0) is 16.6 Å². The number of oxazole rings is 1. The van der Waals surface area contributed by atoms with Crippen LogP contribution in [0.3, 0.4) is 0 Å². The first kappa shape index (κ1) is 21.4. The van der Waals surface area contributed by atoms with Crippen molar-refractivity contribution in [3.05, 3.63) is 65.1 Å². The molecule has 0 spiro atoms. The zero-order valence-electron chi connectivity index (χ0n) is 16.6. The normalized spacial score (nSPS) is 11.8. The average Bonchev–Trinajstić information content (AvgIpc) is 3.17. The van der Waals surface area contributed by atoms with Crippen molar-refractivity contribution in [3.8, 4) is 11.3 Å². The number of nitrogens with one attached hydrogen (secondary N) is 1. The quantitative estimate of drug-likeness (QED) is 0.544. The number of halogens is 1. The van der Waals surface area contributed by atoms with Crippen LogP contribution < -0.4 is 5.32 Å². The van der Waals surface area contributed by atoms with Gasteiger partial charge < -0.3 is 9.73 Å². The molecule has 0 bridgehead atoms. The number of hydrogen-bond acceptors (Lipinski definition) is 5. The Morgan fingerprint density at radius 2 is 1.79 bits per heavy atom. The highest BCUT2D eigenvalue weighted by Gasteiger charge is 2.23. The van der Waals surface area contributed by atoms with Crippen molar-refractivity contribution in [2.45, 2.75) is 32.2 Å². The lowest BCUT2D eigenvalue weighted by atomic mass is 10.2. The zero-order valence-corrected chi connectivity index (χ0v) is 18.2. The summed E-state index contributed by atoms with van der Waals surface area (Å²) in [5, 5.41) is 3.85. The number of anilines is 1. The first-order valence-corrected chi connectivity index (χ1v) is 11.2. The molecule has 3 aromatic rings. The minimum absolute atomic E-state index is 0.306. The average molecular weight is 434 g/mol. The predicted octanol–water partition coefficient (Wildman–Crippen LogP) is 4.95. The summed E-state index contributed by atoms with van der Waals surface area (Å²) in [6, 6.07) is 12.6. The van der Waals surface area contributed by atoms with E-state index in [0.717, 1.165) is 5.56 Å². The maximum absolute atomic E-state index is 12.9. The number of aryl methyl sites for hydroxylation is 1. The number of rotatable bonds is 8. The van der Waals surface area contributed by atoms with Gasteiger partial charge in [0.15, 0.2) is 5.76 Å². The topological polar surface area (TPSA) is 75.4 Å². The summed E-state index contributed by atoms with van der Waals surface area (Å²) < 4.78 is 33.0. The van der Waals surface area contributed by atoms with Crippen molar-refractivity contribution in [2.75, 3.05) is 18.4 Å². The van der Waals surface area contributed by atoms with Gasteiger partial charge in [0.1, 0.15) is 0 Å². The molecule has 8 heteroatoms. The van der Waals surface area contributed by atoms with Crippen LogP contribution in [0.15, 0.2) is 58.0 Å². The molecule has 29 heavy (non-hydrogen) atoms. The molecule has 0 saturated carbocycles. The van der Waals surface area contributed by atoms with Crippen LogP contribution in [0.2, 0.25) is 5.02 Å². The molecular formula is C21H24ClN3O3S. The third-order valence-corrected chi connectivity index (χ3v) is 7.08. The van der Waals surface area contributed by atoms with Crippen molar-refractivity contribution in [2.24, 2.45) is 0 Å². The molecule has 1 aromatic heterocycles. The van der Waals surface area contributed by atoms with Crippen LogP contribution in [0.5, 0.6) is 0 Å². The van der Waals surface area contributed by atoms with Gasteiger partial charge in [-0.15, -0.1) is 0 Å². The SMILES string of the molecule is CCN(CC)S(=O)(=O)c1cc(NCc2ncc(-c3ccc(Cl)cc3)o2)ccc1C. The van der Waals surface area contributed by atoms with E-state index in [0.29, 0.717) is 52.5 Å². The van der Waals surface area contributed by atoms with E-state index in [1.54, 1.807) is 37.4 Å². The van der Waals surface area contributed by atoms with E-state index in [9.17, 15) is 8.42 Å². The molecule has 0 saturated heterocycles. The fraction of sp³-hybridized carbons (Fsp3) is 0.286. The highest BCUT2D eigenvalue weighted by Crippen LogP contribution is 2.25. The Balaban J connectivity index is 1.76. The molecule has 0 aliphatic rings. The van der Waals surface area contributed by atoms with Crippen LogP contribution in [0.4, 0.5) is 5.69 Å². The molecule has 0 unspecified atom stereocenters. The van der Waals surface area contributed by atoms with Gasteiger partial charge in [-0.1, -0.05) is 31.5 Å². The highest BCUT2D eigenvalue weighted by molar-refractivity contribution is 7.89. The molecule has 0 amide bonds. The molecular weight excluding hydrogens is 410 g/mol. The number of benzene rings is 2. The summed E-state index contributed by atoms with van der Waals surface area (Å²) >= 11 is 5.91. The fourth-order valence-electron chi connectivity index (χ4n) is 3.01. The van der Waals surface area contributed by atoms with Crippen molar-refractivity contribution in [1.29, 1.82) is 0 Å². The Kier molecular flexibility index (Phi) is 6.62. The van der Waals surface area contributed by atoms with Gasteiger partial charge in [0, 0.05) is 29.4 Å². The first-order chi connectivity index (χ1) is 13.8. The van der Waals surface area contributed by atoms with Gasteiger partial charge in [-0.3, -0.25) is 0 Å². The Bertz CT molecular complexity index is 1070. The Morgan fingerprint density at radius 3 is 2.45 bits per heavy atom. The number of aromatic nitrogens is 1. The lowest BCUT2D eigenvalue weighted by Crippen LogP contribution is -2.31. The van der Waals surface area contributed by atoms with Crippen molar-refractivity contribution >= 4 is 27.3 Å². The van der Waals surface area contributed by atoms with E-state index in [4.69, 9.17) is 16.0 Å². The minimum atomic E-state index is -3.53. The van der Waals surface area contributed by atoms with Gasteiger partial charge in [-0.05, 0) is 48.9 Å². The number of sulfonamides is 1. The second kappa shape index (κ2) is 8.98. The summed E-state index contributed by atoms with van der Waals surface area (Å²) in [5.74, 6) is 1.15. The summed E-state index contributed by atoms with van der Waals surface area (Å²) in [7, 11) is -3.53. The minimum Gasteiger partial charge on any atom is -0.439 e. The molecule has 0 radical (unpaired) electrons. The van der Waals surface area contributed by atoms with Crippen molar-refractivity contribution < 1.29 is 12.8 Å². The van der Waals surface area contributed by atoms with Gasteiger partial charge in [-0.25, -0.2) is 13.4 Å². The molecule has 154 valence electrons. The van der Waals surface area contributed by atoms with Crippen LogP contribution >= 0.6 is 11.6 Å². The number of nitrogens with zero attached hydrogens (tertiary/aromatic N) is 2. The molecule has 6 nitrogen and oxygen atoms in total. The van der Waals surface area contributed by atoms with Gasteiger partial charge in [-0.2, -0.15) is 4.31 Å². The summed E-state index contributed by atoms with van der Waals surface area (Å²) in [6.07, 6.45) is 1.66. The summed E-state index contributed by atoms with van der Waals surface area (Å²) in [5.41, 5.74) is 2.28. The zero-order chi connectivity index (χ0) is 21.0. The van der Waals surface area contributed by atoms with E-state index < -0.39 is 10.0 Å². The van der Waals surface area contributed by atoms with Gasteiger partial charge in [0.25, 0.3) is 0 Å². The monoisotopic (exact) mass is 433 g/mol. The van der Waals surface area contributed by atoms with Gasteiger partial charge in [0.05, 0.1) is 17.6 Å². The molecule has 0 aliphatic heterocycles. The molecule has 2 aromatic carbocycles. The van der Waals surface area contributed by atoms with Gasteiger partial charge >= 0.3 is 0 Å². The van der Waals surface area contributed by atoms with Crippen LogP contribution in [0, 0.1) is 6.92 Å². The lowest BCUT2D eigenvalue weighted by molar-refractivity contribution is 0.445. The van der Waals surface area contributed by atoms with E-state index in [1.807, 2.05) is 32.0 Å². The van der Waals surface area contributed by atoms with Crippen LogP contribution in [0.1, 0.15) is 25.3 Å². The maximum Gasteiger partial charge on any atom is 0.243 e. The first-order valence-electron chi connectivity index (χ1n) is 9.40. The predicted molar refractivity (Wildman–Crippen MR) is 116 cm³/mol. The standard InChI is InChI=1S/C21H24ClN3O3S/c1-4-25(5-2)29(26,27)20-12-18(11-6-15(20)3)23-14-21-24-13-19(28-21)16-7-9-17(22)10-8-16/h6-13,23H,4-5,14H2,1-3H3. The second-order valence-corrected chi connectivity index (χ2v) is 8.89. The Hall–Kier alpha value is -2.35. The second-order valence-electron chi connectivity index (χ2n) is 6.55. The Labute approximate surface area is 176 Å². The molecule has 3 rings (SSSR count). The number of hydrogen-bond donors (Lipinski definition) is 1. The smallest absolute Gasteiger partial charge is 0.243 e. The van der Waals surface area contributed by atoms with Crippen LogP contribution in [0.25, 0.3) is 11.3 Å². The Morgan fingerprint density at radius 1 is 1.10 bits per heavy atom. The summed E-state index contributed by atoms with van der Waals surface area (Å²) in [6.45, 7) is 6.66. The molecule has 1 N–H and O–H groups in total. The maximum atomic E-state index is 12.9. The molecule has 0 aliphatic carbocycles. The lowest BCUT2D eigenvalue weighted by Gasteiger charge is -2.20. The van der Waals surface area contributed by atoms with Crippen molar-refractivity contribution in [3.63, 3.8) is 0 Å². The molecule has 0 atom stereocenters. The van der Waals surface area contributed by atoms with E-state index in [1.165, 1.54) is 4.31 Å². The van der Waals surface area contributed by atoms with Gasteiger partial charge in [0.2, 0.25) is 15.9 Å². The van der Waals surface area contributed by atoms with E-state index >= 15 is 0 Å². The van der Waals surface area contributed by atoms with Crippen LogP contribution in [-0.4, -0.2) is 30.8 Å². The highest BCUT2D eigenvalue weighted by atomic mass is 35.5. The molecule has 0 fully saturated rings. The largest absolute Gasteiger partial charge is 0.439 e.